The molecule has 2 nitrogen and oxygen atoms in total. The van der Waals surface area contributed by atoms with Crippen molar-refractivity contribution in [3.8, 4) is 0 Å². The molecule has 4 heteroatoms. The van der Waals surface area contributed by atoms with Gasteiger partial charge in [0.1, 0.15) is 0 Å². The predicted octanol–water partition coefficient (Wildman–Crippen LogP) is 4.22. The topological polar surface area (TPSA) is 16.1 Å². The fourth-order valence-corrected chi connectivity index (χ4v) is 2.31. The van der Waals surface area contributed by atoms with E-state index in [1.165, 1.54) is 5.56 Å². The van der Waals surface area contributed by atoms with Crippen LogP contribution in [0.2, 0.25) is 0 Å². The van der Waals surface area contributed by atoms with Crippen LogP contribution in [0.5, 0.6) is 0 Å². The molecule has 0 saturated heterocycles. The number of halogens is 2. The second-order valence-corrected chi connectivity index (χ2v) is 5.30. The molecular weight excluding hydrogens is 312 g/mol. The zero-order valence-corrected chi connectivity index (χ0v) is 12.4. The first-order valence-electron chi connectivity index (χ1n) is 5.65. The van der Waals surface area contributed by atoms with Gasteiger partial charge in [-0.1, -0.05) is 28.1 Å². The third-order valence-corrected chi connectivity index (χ3v) is 3.59. The minimum absolute atomic E-state index is 0.503. The summed E-state index contributed by atoms with van der Waals surface area (Å²) in [6.07, 6.45) is 3.63. The molecule has 0 aliphatic rings. The highest BCUT2D eigenvalue weighted by atomic mass is 79.9. The first-order valence-corrected chi connectivity index (χ1v) is 6.98. The molecule has 1 aromatic heterocycles. The molecule has 0 aliphatic carbocycles. The molecule has 0 radical (unpaired) electrons. The van der Waals surface area contributed by atoms with Crippen LogP contribution in [0.15, 0.2) is 47.2 Å². The fourth-order valence-electron chi connectivity index (χ4n) is 1.82. The number of benzene rings is 1. The van der Waals surface area contributed by atoms with Crippen LogP contribution in [0.25, 0.3) is 0 Å². The van der Waals surface area contributed by atoms with Gasteiger partial charge in [-0.25, -0.2) is 0 Å². The first kappa shape index (κ1) is 13.4. The smallest absolute Gasteiger partial charge is 0.0597 e. The second-order valence-electron chi connectivity index (χ2n) is 4.12. The van der Waals surface area contributed by atoms with Crippen molar-refractivity contribution in [1.29, 1.82) is 0 Å². The van der Waals surface area contributed by atoms with Gasteiger partial charge < -0.3 is 4.90 Å². The molecule has 18 heavy (non-hydrogen) atoms. The van der Waals surface area contributed by atoms with Crippen molar-refractivity contribution < 1.29 is 0 Å². The number of hydrogen-bond donors (Lipinski definition) is 0. The van der Waals surface area contributed by atoms with E-state index >= 15 is 0 Å². The molecule has 0 atom stereocenters. The third kappa shape index (κ3) is 3.24. The minimum atomic E-state index is 0.503. The molecule has 1 aromatic carbocycles. The van der Waals surface area contributed by atoms with Crippen LogP contribution in [-0.4, -0.2) is 12.0 Å². The summed E-state index contributed by atoms with van der Waals surface area (Å²) < 4.78 is 1.09. The zero-order valence-electron chi connectivity index (χ0n) is 10.1. The summed E-state index contributed by atoms with van der Waals surface area (Å²) in [5, 5.41) is 0. The number of nitrogens with zero attached hydrogens (tertiary/aromatic N) is 2. The fraction of sp³-hybridized carbons (Fsp3) is 0.214. The Kier molecular flexibility index (Phi) is 4.61. The van der Waals surface area contributed by atoms with Crippen LogP contribution >= 0.6 is 27.5 Å². The van der Waals surface area contributed by atoms with E-state index in [2.05, 4.69) is 57.1 Å². The maximum absolute atomic E-state index is 5.94. The standard InChI is InChI=1S/C14H14BrClN2/c1-18(10-11-2-4-13(15)5-3-11)14-9-17-7-6-12(14)8-16/h2-7,9H,8,10H2,1H3. The lowest BCUT2D eigenvalue weighted by molar-refractivity contribution is 0.910. The van der Waals surface area contributed by atoms with Gasteiger partial charge in [0.15, 0.2) is 0 Å². The molecule has 0 unspecified atom stereocenters. The maximum atomic E-state index is 5.94. The van der Waals surface area contributed by atoms with Crippen LogP contribution in [0.3, 0.4) is 0 Å². The summed E-state index contributed by atoms with van der Waals surface area (Å²) >= 11 is 9.38. The average molecular weight is 326 g/mol. The van der Waals surface area contributed by atoms with Gasteiger partial charge in [-0.2, -0.15) is 0 Å². The summed E-state index contributed by atoms with van der Waals surface area (Å²) in [7, 11) is 2.05. The van der Waals surface area contributed by atoms with Crippen molar-refractivity contribution in [3.05, 3.63) is 58.3 Å². The van der Waals surface area contributed by atoms with E-state index in [0.29, 0.717) is 5.88 Å². The molecule has 0 fully saturated rings. The Balaban J connectivity index is 2.16. The molecular formula is C14H14BrClN2. The molecule has 0 amide bonds. The molecule has 0 saturated carbocycles. The van der Waals surface area contributed by atoms with Crippen molar-refractivity contribution in [2.45, 2.75) is 12.4 Å². The third-order valence-electron chi connectivity index (χ3n) is 2.78. The van der Waals surface area contributed by atoms with Gasteiger partial charge in [-0.3, -0.25) is 4.98 Å². The molecule has 0 bridgehead atoms. The van der Waals surface area contributed by atoms with E-state index in [0.717, 1.165) is 22.3 Å². The number of rotatable bonds is 4. The number of aromatic nitrogens is 1. The molecule has 1 heterocycles. The summed E-state index contributed by atoms with van der Waals surface area (Å²) in [6.45, 7) is 0.836. The average Bonchev–Trinajstić information content (AvgIpc) is 2.41. The van der Waals surface area contributed by atoms with Gasteiger partial charge in [0.05, 0.1) is 11.9 Å². The molecule has 0 spiro atoms. The Labute approximate surface area is 121 Å². The van der Waals surface area contributed by atoms with Crippen molar-refractivity contribution in [2.75, 3.05) is 11.9 Å². The van der Waals surface area contributed by atoms with E-state index in [-0.39, 0.29) is 0 Å². The van der Waals surface area contributed by atoms with Gasteiger partial charge in [0, 0.05) is 30.1 Å². The number of pyridine rings is 1. The Morgan fingerprint density at radius 2 is 1.94 bits per heavy atom. The second kappa shape index (κ2) is 6.21. The number of anilines is 1. The van der Waals surface area contributed by atoms with Gasteiger partial charge in [0.25, 0.3) is 0 Å². The van der Waals surface area contributed by atoms with Crippen LogP contribution in [0, 0.1) is 0 Å². The summed E-state index contributed by atoms with van der Waals surface area (Å²) in [5.74, 6) is 0.503. The Morgan fingerprint density at radius 1 is 1.22 bits per heavy atom. The highest BCUT2D eigenvalue weighted by Gasteiger charge is 2.07. The van der Waals surface area contributed by atoms with Crippen molar-refractivity contribution >= 4 is 33.2 Å². The minimum Gasteiger partial charge on any atom is -0.369 e. The number of hydrogen-bond acceptors (Lipinski definition) is 2. The molecule has 2 aromatic rings. The monoisotopic (exact) mass is 324 g/mol. The van der Waals surface area contributed by atoms with Crippen LogP contribution < -0.4 is 4.90 Å². The molecule has 2 rings (SSSR count). The molecule has 94 valence electrons. The Bertz CT molecular complexity index is 513. The van der Waals surface area contributed by atoms with Crippen LogP contribution in [0.4, 0.5) is 5.69 Å². The van der Waals surface area contributed by atoms with Crippen molar-refractivity contribution in [3.63, 3.8) is 0 Å². The highest BCUT2D eigenvalue weighted by molar-refractivity contribution is 9.10. The van der Waals surface area contributed by atoms with Gasteiger partial charge in [0.2, 0.25) is 0 Å². The van der Waals surface area contributed by atoms with E-state index in [4.69, 9.17) is 11.6 Å². The Hall–Kier alpha value is -1.06. The SMILES string of the molecule is CN(Cc1ccc(Br)cc1)c1cnccc1CCl. The summed E-state index contributed by atoms with van der Waals surface area (Å²) in [5.41, 5.74) is 3.44. The van der Waals surface area contributed by atoms with Crippen LogP contribution in [-0.2, 0) is 12.4 Å². The summed E-state index contributed by atoms with van der Waals surface area (Å²) in [4.78, 5) is 6.32. The maximum Gasteiger partial charge on any atom is 0.0597 e. The number of alkyl halides is 1. The predicted molar refractivity (Wildman–Crippen MR) is 80.0 cm³/mol. The van der Waals surface area contributed by atoms with Crippen LogP contribution in [0.1, 0.15) is 11.1 Å². The Morgan fingerprint density at radius 3 is 2.61 bits per heavy atom. The lowest BCUT2D eigenvalue weighted by Crippen LogP contribution is -2.17. The quantitative estimate of drug-likeness (QED) is 0.782. The van der Waals surface area contributed by atoms with Crippen molar-refractivity contribution in [1.82, 2.24) is 4.98 Å². The van der Waals surface area contributed by atoms with Gasteiger partial charge >= 0.3 is 0 Å². The highest BCUT2D eigenvalue weighted by Crippen LogP contribution is 2.21. The van der Waals surface area contributed by atoms with E-state index < -0.39 is 0 Å². The summed E-state index contributed by atoms with van der Waals surface area (Å²) in [6, 6.07) is 10.3. The molecule has 0 N–H and O–H groups in total. The van der Waals surface area contributed by atoms with E-state index in [9.17, 15) is 0 Å². The lowest BCUT2D eigenvalue weighted by Gasteiger charge is -2.21. The largest absolute Gasteiger partial charge is 0.369 e. The van der Waals surface area contributed by atoms with Gasteiger partial charge in [-0.05, 0) is 29.3 Å². The first-order chi connectivity index (χ1) is 8.70. The van der Waals surface area contributed by atoms with E-state index in [1.807, 2.05) is 12.3 Å². The van der Waals surface area contributed by atoms with E-state index in [1.54, 1.807) is 6.20 Å². The normalized spacial score (nSPS) is 10.4. The van der Waals surface area contributed by atoms with Crippen molar-refractivity contribution in [2.24, 2.45) is 0 Å². The van der Waals surface area contributed by atoms with Gasteiger partial charge in [-0.15, -0.1) is 11.6 Å². The lowest BCUT2D eigenvalue weighted by atomic mass is 10.2. The molecule has 0 aliphatic heterocycles. The zero-order chi connectivity index (χ0) is 13.0.